The topological polar surface area (TPSA) is 86.2 Å². The summed E-state index contributed by atoms with van der Waals surface area (Å²) in [5.41, 5.74) is 14.4. The molecule has 1 aromatic heterocycles. The number of hydrogen-bond donors (Lipinski definition) is 0. The van der Waals surface area contributed by atoms with Crippen LogP contribution < -0.4 is 0 Å². The molecule has 8 aromatic carbocycles. The van der Waals surface area contributed by atoms with Gasteiger partial charge in [-0.1, -0.05) is 157 Å². The van der Waals surface area contributed by atoms with Crippen LogP contribution in [0.25, 0.3) is 67.5 Å². The Kier molecular flexibility index (Phi) is 8.34. The van der Waals surface area contributed by atoms with E-state index in [9.17, 15) is 10.5 Å². The van der Waals surface area contributed by atoms with Crippen molar-refractivity contribution in [3.8, 4) is 79.7 Å². The molecule has 11 rings (SSSR count). The molecule has 0 saturated carbocycles. The van der Waals surface area contributed by atoms with Crippen LogP contribution in [0.4, 0.5) is 0 Å². The molecular formula is C54H31N5S. The van der Waals surface area contributed by atoms with Gasteiger partial charge in [0, 0.05) is 26.5 Å². The molecule has 1 spiro atoms. The van der Waals surface area contributed by atoms with Crippen molar-refractivity contribution in [3.05, 3.63) is 221 Å². The van der Waals surface area contributed by atoms with Crippen LogP contribution in [0.3, 0.4) is 0 Å². The van der Waals surface area contributed by atoms with Crippen LogP contribution in [0.2, 0.25) is 0 Å². The molecule has 0 fully saturated rings. The maximum absolute atomic E-state index is 9.60. The Hall–Kier alpha value is -7.90. The molecular weight excluding hydrogens is 751 g/mol. The standard InChI is InChI=1S/C54H31N5S/c55-32-34-27-35(33-56)29-42(28-34)37-21-19-36(20-22-37)40-23-25-49-47(30-40)54(45-17-9-7-15-43(45)44-16-8-10-18-46(44)54)48-31-41(24-26-50(48)60-49)53-58-51(38-11-3-1-4-12-38)57-52(59-53)39-13-5-2-6-14-39/h1-31H. The van der Waals surface area contributed by atoms with Crippen molar-refractivity contribution in [2.24, 2.45) is 0 Å². The zero-order valence-corrected chi connectivity index (χ0v) is 32.9. The number of benzene rings is 8. The van der Waals surface area contributed by atoms with Crippen molar-refractivity contribution in [2.75, 3.05) is 0 Å². The molecule has 9 aromatic rings. The number of hydrogen-bond acceptors (Lipinski definition) is 6. The van der Waals surface area contributed by atoms with Crippen LogP contribution >= 0.6 is 11.8 Å². The van der Waals surface area contributed by atoms with E-state index in [1.54, 1.807) is 17.8 Å². The largest absolute Gasteiger partial charge is 0.208 e. The van der Waals surface area contributed by atoms with Crippen molar-refractivity contribution in [3.63, 3.8) is 0 Å². The van der Waals surface area contributed by atoms with Crippen LogP contribution in [-0.2, 0) is 5.41 Å². The quantitative estimate of drug-likeness (QED) is 0.173. The summed E-state index contributed by atoms with van der Waals surface area (Å²) in [7, 11) is 0. The highest BCUT2D eigenvalue weighted by molar-refractivity contribution is 7.99. The first-order valence-electron chi connectivity index (χ1n) is 19.7. The monoisotopic (exact) mass is 781 g/mol. The molecule has 0 atom stereocenters. The molecule has 2 aliphatic rings. The third-order valence-electron chi connectivity index (χ3n) is 11.6. The van der Waals surface area contributed by atoms with Gasteiger partial charge in [0.05, 0.1) is 28.7 Å². The Labute approximate surface area is 352 Å². The molecule has 6 heteroatoms. The zero-order chi connectivity index (χ0) is 40.2. The highest BCUT2D eigenvalue weighted by Crippen LogP contribution is 2.62. The van der Waals surface area contributed by atoms with Crippen molar-refractivity contribution in [2.45, 2.75) is 15.2 Å². The fourth-order valence-corrected chi connectivity index (χ4v) is 10.1. The normalized spacial score (nSPS) is 12.7. The van der Waals surface area contributed by atoms with Gasteiger partial charge in [-0.15, -0.1) is 0 Å². The maximum Gasteiger partial charge on any atom is 0.164 e. The van der Waals surface area contributed by atoms with Gasteiger partial charge in [-0.05, 0) is 98.1 Å². The molecule has 0 radical (unpaired) electrons. The maximum atomic E-state index is 9.60. The van der Waals surface area contributed by atoms with Crippen LogP contribution in [0.1, 0.15) is 33.4 Å². The van der Waals surface area contributed by atoms with Crippen LogP contribution in [0.5, 0.6) is 0 Å². The summed E-state index contributed by atoms with van der Waals surface area (Å²) in [5.74, 6) is 1.87. The lowest BCUT2D eigenvalue weighted by Gasteiger charge is -2.40. The summed E-state index contributed by atoms with van der Waals surface area (Å²) < 4.78 is 0. The third-order valence-corrected chi connectivity index (χ3v) is 12.8. The second kappa shape index (κ2) is 14.2. The summed E-state index contributed by atoms with van der Waals surface area (Å²) in [5, 5.41) is 19.2. The van der Waals surface area contributed by atoms with Crippen molar-refractivity contribution in [1.82, 2.24) is 15.0 Å². The molecule has 1 aliphatic carbocycles. The van der Waals surface area contributed by atoms with Gasteiger partial charge in [0.1, 0.15) is 0 Å². The molecule has 1 aliphatic heterocycles. The predicted octanol–water partition coefficient (Wildman–Crippen LogP) is 12.8. The van der Waals surface area contributed by atoms with Gasteiger partial charge in [-0.3, -0.25) is 0 Å². The minimum absolute atomic E-state index is 0.468. The predicted molar refractivity (Wildman–Crippen MR) is 238 cm³/mol. The lowest BCUT2D eigenvalue weighted by atomic mass is 9.66. The highest BCUT2D eigenvalue weighted by Gasteiger charge is 2.50. The lowest BCUT2D eigenvalue weighted by molar-refractivity contribution is 0.723. The Morgan fingerprint density at radius 2 is 0.767 bits per heavy atom. The summed E-state index contributed by atoms with van der Waals surface area (Å²) in [6, 6.07) is 69.5. The molecule has 0 unspecified atom stereocenters. The van der Waals surface area contributed by atoms with E-state index in [0.29, 0.717) is 28.6 Å². The lowest BCUT2D eigenvalue weighted by Crippen LogP contribution is -2.32. The van der Waals surface area contributed by atoms with Gasteiger partial charge in [-0.2, -0.15) is 10.5 Å². The minimum Gasteiger partial charge on any atom is -0.208 e. The van der Waals surface area contributed by atoms with E-state index in [2.05, 4.69) is 121 Å². The average Bonchev–Trinajstić information content (AvgIpc) is 3.62. The minimum atomic E-state index is -0.627. The van der Waals surface area contributed by atoms with Gasteiger partial charge in [0.15, 0.2) is 17.5 Å². The first-order chi connectivity index (χ1) is 29.6. The van der Waals surface area contributed by atoms with Gasteiger partial charge in [0.2, 0.25) is 0 Å². The second-order valence-electron chi connectivity index (χ2n) is 15.0. The average molecular weight is 782 g/mol. The summed E-state index contributed by atoms with van der Waals surface area (Å²) in [6.45, 7) is 0. The first-order valence-corrected chi connectivity index (χ1v) is 20.5. The molecule has 0 N–H and O–H groups in total. The van der Waals surface area contributed by atoms with Crippen LogP contribution in [-0.4, -0.2) is 15.0 Å². The number of fused-ring (bicyclic) bond motifs is 9. The molecule has 0 bridgehead atoms. The molecule has 0 saturated heterocycles. The first kappa shape index (κ1) is 35.3. The van der Waals surface area contributed by atoms with E-state index in [1.165, 1.54) is 43.2 Å². The van der Waals surface area contributed by atoms with E-state index in [0.717, 1.165) is 38.9 Å². The summed E-state index contributed by atoms with van der Waals surface area (Å²) >= 11 is 1.80. The van der Waals surface area contributed by atoms with Crippen LogP contribution in [0, 0.1) is 22.7 Å². The second-order valence-corrected chi connectivity index (χ2v) is 16.1. The van der Waals surface area contributed by atoms with E-state index < -0.39 is 5.41 Å². The Bertz CT molecular complexity index is 3120. The fourth-order valence-electron chi connectivity index (χ4n) is 8.94. The Balaban J connectivity index is 1.11. The summed E-state index contributed by atoms with van der Waals surface area (Å²) in [4.78, 5) is 17.6. The van der Waals surface area contributed by atoms with Gasteiger partial charge in [0.25, 0.3) is 0 Å². The van der Waals surface area contributed by atoms with Crippen LogP contribution in [0.15, 0.2) is 198 Å². The van der Waals surface area contributed by atoms with Crippen molar-refractivity contribution in [1.29, 1.82) is 10.5 Å². The molecule has 5 nitrogen and oxygen atoms in total. The fraction of sp³-hybridized carbons (Fsp3) is 0.0185. The highest BCUT2D eigenvalue weighted by atomic mass is 32.2. The van der Waals surface area contributed by atoms with Gasteiger partial charge < -0.3 is 0 Å². The van der Waals surface area contributed by atoms with Gasteiger partial charge >= 0.3 is 0 Å². The number of nitrogens with zero attached hydrogens (tertiary/aromatic N) is 5. The van der Waals surface area contributed by atoms with Crippen molar-refractivity contribution >= 4 is 11.8 Å². The smallest absolute Gasteiger partial charge is 0.164 e. The number of rotatable bonds is 5. The third kappa shape index (κ3) is 5.66. The Morgan fingerprint density at radius 3 is 1.28 bits per heavy atom. The van der Waals surface area contributed by atoms with E-state index >= 15 is 0 Å². The van der Waals surface area contributed by atoms with Crippen molar-refractivity contribution < 1.29 is 0 Å². The Morgan fingerprint density at radius 1 is 0.350 bits per heavy atom. The molecule has 60 heavy (non-hydrogen) atoms. The molecule has 278 valence electrons. The molecule has 0 amide bonds. The van der Waals surface area contributed by atoms with E-state index in [4.69, 9.17) is 15.0 Å². The number of aromatic nitrogens is 3. The SMILES string of the molecule is N#Cc1cc(C#N)cc(-c2ccc(-c3ccc4c(c3)C3(c5cc(-c6nc(-c7ccccc7)nc(-c7ccccc7)n6)ccc5S4)c4ccccc4-c4ccccc43)cc2)c1. The zero-order valence-electron chi connectivity index (χ0n) is 32.0. The van der Waals surface area contributed by atoms with E-state index in [1.807, 2.05) is 72.8 Å². The molecule has 2 heterocycles. The number of nitriles is 2. The van der Waals surface area contributed by atoms with E-state index in [-0.39, 0.29) is 0 Å². The summed E-state index contributed by atoms with van der Waals surface area (Å²) in [6.07, 6.45) is 0. The van der Waals surface area contributed by atoms with Gasteiger partial charge in [-0.25, -0.2) is 15.0 Å².